The molecule has 0 saturated carbocycles. The maximum Gasteiger partial charge on any atom is 0.257 e. The lowest BCUT2D eigenvalue weighted by Crippen LogP contribution is -2.35. The first kappa shape index (κ1) is 17.3. The van der Waals surface area contributed by atoms with E-state index in [-0.39, 0.29) is 5.91 Å². The molecule has 5 heteroatoms. The predicted molar refractivity (Wildman–Crippen MR) is 105 cm³/mol. The topological polar surface area (TPSA) is 61.9 Å². The maximum absolute atomic E-state index is 13.2. The van der Waals surface area contributed by atoms with Crippen molar-refractivity contribution in [2.24, 2.45) is 0 Å². The van der Waals surface area contributed by atoms with Gasteiger partial charge in [0.2, 0.25) is 0 Å². The average Bonchev–Trinajstić information content (AvgIpc) is 3.16. The number of nitriles is 1. The molecule has 4 rings (SSSR count). The van der Waals surface area contributed by atoms with E-state index in [4.69, 9.17) is 5.26 Å². The van der Waals surface area contributed by atoms with E-state index in [1.165, 1.54) is 6.42 Å². The number of hydrogen-bond donors (Lipinski definition) is 0. The van der Waals surface area contributed by atoms with Gasteiger partial charge < -0.3 is 4.90 Å². The van der Waals surface area contributed by atoms with Crippen molar-refractivity contribution in [3.05, 3.63) is 54.2 Å². The van der Waals surface area contributed by atoms with Crippen LogP contribution in [0.15, 0.2) is 48.7 Å². The molecular formula is C22H22N4O. The van der Waals surface area contributed by atoms with Crippen molar-refractivity contribution < 1.29 is 4.79 Å². The zero-order valence-electron chi connectivity index (χ0n) is 15.3. The van der Waals surface area contributed by atoms with Crippen molar-refractivity contribution in [2.45, 2.75) is 32.2 Å². The number of aryl methyl sites for hydroxylation is 1. The van der Waals surface area contributed by atoms with Crippen molar-refractivity contribution in [3.8, 4) is 17.3 Å². The quantitative estimate of drug-likeness (QED) is 0.701. The van der Waals surface area contributed by atoms with Gasteiger partial charge in [-0.1, -0.05) is 36.4 Å². The van der Waals surface area contributed by atoms with Gasteiger partial charge in [-0.25, -0.2) is 0 Å². The van der Waals surface area contributed by atoms with Gasteiger partial charge in [0, 0.05) is 24.8 Å². The molecule has 3 aromatic rings. The minimum absolute atomic E-state index is 0.0427. The minimum atomic E-state index is 0.0427. The second kappa shape index (κ2) is 7.63. The minimum Gasteiger partial charge on any atom is -0.339 e. The molecule has 1 aromatic heterocycles. The van der Waals surface area contributed by atoms with E-state index in [2.05, 4.69) is 35.4 Å². The summed E-state index contributed by atoms with van der Waals surface area (Å²) < 4.78 is 1.73. The number of benzene rings is 2. The number of amides is 1. The van der Waals surface area contributed by atoms with Gasteiger partial charge in [0.1, 0.15) is 5.69 Å². The lowest BCUT2D eigenvalue weighted by Gasteiger charge is -2.26. The van der Waals surface area contributed by atoms with Crippen LogP contribution in [-0.2, 0) is 6.54 Å². The normalized spacial score (nSPS) is 14.3. The molecule has 2 aromatic carbocycles. The Kier molecular flexibility index (Phi) is 4.88. The highest BCUT2D eigenvalue weighted by atomic mass is 16.2. The van der Waals surface area contributed by atoms with E-state index in [1.807, 2.05) is 23.1 Å². The van der Waals surface area contributed by atoms with Crippen LogP contribution in [0.4, 0.5) is 0 Å². The Labute approximate surface area is 158 Å². The van der Waals surface area contributed by atoms with Gasteiger partial charge in [-0.2, -0.15) is 10.4 Å². The summed E-state index contributed by atoms with van der Waals surface area (Å²) >= 11 is 0. The van der Waals surface area contributed by atoms with Crippen LogP contribution in [0.25, 0.3) is 22.0 Å². The van der Waals surface area contributed by atoms with Crippen LogP contribution >= 0.6 is 0 Å². The number of carbonyl (C=O) groups is 1. The molecule has 1 aliphatic rings. The first-order valence-corrected chi connectivity index (χ1v) is 9.49. The van der Waals surface area contributed by atoms with Crippen molar-refractivity contribution in [1.29, 1.82) is 5.26 Å². The molecule has 0 N–H and O–H groups in total. The summed E-state index contributed by atoms with van der Waals surface area (Å²) in [6.45, 7) is 2.10. The summed E-state index contributed by atoms with van der Waals surface area (Å²) in [6.07, 6.45) is 5.47. The number of carbonyl (C=O) groups excluding carboxylic acids is 1. The highest BCUT2D eigenvalue weighted by Crippen LogP contribution is 2.28. The zero-order valence-corrected chi connectivity index (χ0v) is 15.3. The Morgan fingerprint density at radius 3 is 2.63 bits per heavy atom. The lowest BCUT2D eigenvalue weighted by molar-refractivity contribution is 0.0725. The molecule has 1 aliphatic heterocycles. The molecule has 0 bridgehead atoms. The van der Waals surface area contributed by atoms with Gasteiger partial charge in [-0.15, -0.1) is 0 Å². The fourth-order valence-electron chi connectivity index (χ4n) is 3.67. The van der Waals surface area contributed by atoms with Crippen LogP contribution in [0.2, 0.25) is 0 Å². The van der Waals surface area contributed by atoms with Crippen molar-refractivity contribution in [1.82, 2.24) is 14.7 Å². The summed E-state index contributed by atoms with van der Waals surface area (Å²) in [4.78, 5) is 15.1. The summed E-state index contributed by atoms with van der Waals surface area (Å²) in [5, 5.41) is 15.8. The van der Waals surface area contributed by atoms with E-state index < -0.39 is 0 Å². The summed E-state index contributed by atoms with van der Waals surface area (Å²) in [7, 11) is 0. The van der Waals surface area contributed by atoms with Gasteiger partial charge in [0.25, 0.3) is 5.91 Å². The zero-order chi connectivity index (χ0) is 18.6. The molecule has 27 heavy (non-hydrogen) atoms. The molecule has 0 atom stereocenters. The monoisotopic (exact) mass is 358 g/mol. The fourth-order valence-corrected chi connectivity index (χ4v) is 3.67. The largest absolute Gasteiger partial charge is 0.339 e. The second-order valence-corrected chi connectivity index (χ2v) is 6.98. The lowest BCUT2D eigenvalue weighted by atomic mass is 10.0. The van der Waals surface area contributed by atoms with Crippen LogP contribution in [0.1, 0.15) is 36.0 Å². The van der Waals surface area contributed by atoms with Crippen LogP contribution in [-0.4, -0.2) is 33.7 Å². The fraction of sp³-hybridized carbons (Fsp3) is 0.318. The number of rotatable bonds is 4. The Bertz CT molecular complexity index is 1010. The molecule has 0 spiro atoms. The standard InChI is InChI=1S/C22H22N4O/c23-11-6-14-26-16-20(22(27)25-12-4-1-5-13-25)21(24-26)19-10-9-17-7-2-3-8-18(17)15-19/h2-3,7-10,15-16H,1,4-6,12-14H2. The molecule has 0 aliphatic carbocycles. The summed E-state index contributed by atoms with van der Waals surface area (Å²) in [5.41, 5.74) is 2.27. The van der Waals surface area contributed by atoms with Crippen molar-refractivity contribution >= 4 is 16.7 Å². The van der Waals surface area contributed by atoms with Crippen LogP contribution in [0, 0.1) is 11.3 Å². The third-order valence-corrected chi connectivity index (χ3v) is 5.11. The molecule has 1 fully saturated rings. The Morgan fingerprint density at radius 2 is 1.85 bits per heavy atom. The van der Waals surface area contributed by atoms with Gasteiger partial charge in [-0.05, 0) is 36.1 Å². The van der Waals surface area contributed by atoms with Gasteiger partial charge >= 0.3 is 0 Å². The SMILES string of the molecule is N#CCCn1cc(C(=O)N2CCCCC2)c(-c2ccc3ccccc3c2)n1. The van der Waals surface area contributed by atoms with E-state index in [0.29, 0.717) is 24.2 Å². The Morgan fingerprint density at radius 1 is 1.07 bits per heavy atom. The third kappa shape index (κ3) is 3.56. The van der Waals surface area contributed by atoms with E-state index in [9.17, 15) is 4.79 Å². The average molecular weight is 358 g/mol. The molecule has 1 amide bonds. The smallest absolute Gasteiger partial charge is 0.257 e. The number of likely N-dealkylation sites (tertiary alicyclic amines) is 1. The molecule has 5 nitrogen and oxygen atoms in total. The van der Waals surface area contributed by atoms with Crippen LogP contribution in [0.3, 0.4) is 0 Å². The van der Waals surface area contributed by atoms with Crippen molar-refractivity contribution in [3.63, 3.8) is 0 Å². The molecule has 0 radical (unpaired) electrons. The molecular weight excluding hydrogens is 336 g/mol. The third-order valence-electron chi connectivity index (χ3n) is 5.11. The predicted octanol–water partition coefficient (Wildman–Crippen LogP) is 4.24. The van der Waals surface area contributed by atoms with Gasteiger partial charge in [-0.3, -0.25) is 9.48 Å². The van der Waals surface area contributed by atoms with Crippen LogP contribution in [0.5, 0.6) is 0 Å². The highest BCUT2D eigenvalue weighted by Gasteiger charge is 2.24. The first-order chi connectivity index (χ1) is 13.3. The van der Waals surface area contributed by atoms with E-state index in [0.717, 1.165) is 42.3 Å². The van der Waals surface area contributed by atoms with Crippen LogP contribution < -0.4 is 0 Å². The van der Waals surface area contributed by atoms with Gasteiger partial charge in [0.05, 0.1) is 24.6 Å². The van der Waals surface area contributed by atoms with E-state index >= 15 is 0 Å². The van der Waals surface area contributed by atoms with Crippen molar-refractivity contribution in [2.75, 3.05) is 13.1 Å². The molecule has 2 heterocycles. The number of nitrogens with zero attached hydrogens (tertiary/aromatic N) is 4. The highest BCUT2D eigenvalue weighted by molar-refractivity contribution is 6.00. The Balaban J connectivity index is 1.75. The number of hydrogen-bond acceptors (Lipinski definition) is 3. The number of aromatic nitrogens is 2. The molecule has 0 unspecified atom stereocenters. The maximum atomic E-state index is 13.2. The van der Waals surface area contributed by atoms with Gasteiger partial charge in [0.15, 0.2) is 0 Å². The van der Waals surface area contributed by atoms with E-state index in [1.54, 1.807) is 10.9 Å². The molecule has 136 valence electrons. The summed E-state index contributed by atoms with van der Waals surface area (Å²) in [6, 6.07) is 16.5. The number of fused-ring (bicyclic) bond motifs is 1. The second-order valence-electron chi connectivity index (χ2n) is 6.98. The first-order valence-electron chi connectivity index (χ1n) is 9.49. The molecule has 1 saturated heterocycles. The number of piperidine rings is 1. The Hall–Kier alpha value is -3.13. The summed E-state index contributed by atoms with van der Waals surface area (Å²) in [5.74, 6) is 0.0427.